The minimum atomic E-state index is -0.466. The van der Waals surface area contributed by atoms with E-state index in [9.17, 15) is 19.2 Å². The van der Waals surface area contributed by atoms with E-state index in [-0.39, 0.29) is 56.6 Å². The number of nitrogens with two attached hydrogens (primary N) is 1. The van der Waals surface area contributed by atoms with Gasteiger partial charge >= 0.3 is 18.3 Å². The molecule has 0 saturated carbocycles. The van der Waals surface area contributed by atoms with Crippen LogP contribution in [-0.4, -0.2) is 186 Å². The van der Waals surface area contributed by atoms with Gasteiger partial charge in [-0.25, -0.2) is 24.4 Å². The normalized spacial score (nSPS) is 20.1. The maximum absolute atomic E-state index is 12.5. The van der Waals surface area contributed by atoms with Crippen LogP contribution in [0, 0.1) is 0 Å². The maximum atomic E-state index is 12.5. The van der Waals surface area contributed by atoms with Gasteiger partial charge in [0.1, 0.15) is 16.8 Å². The predicted molar refractivity (Wildman–Crippen MR) is 456 cm³/mol. The Morgan fingerprint density at radius 1 is 0.435 bits per heavy atom. The lowest BCUT2D eigenvalue weighted by Crippen LogP contribution is -2.41. The molecule has 0 atom stereocenters. The second-order valence-electron chi connectivity index (χ2n) is 37.3. The van der Waals surface area contributed by atoms with Gasteiger partial charge in [-0.1, -0.05) is 135 Å². The molecule has 5 aromatic rings. The first-order chi connectivity index (χ1) is 50.3. The third kappa shape index (κ3) is 24.3. The van der Waals surface area contributed by atoms with Crippen LogP contribution in [-0.2, 0) is 46.7 Å². The Morgan fingerprint density at radius 3 is 1.19 bits per heavy atom. The molecule has 4 saturated heterocycles. The number of halogens is 1. The fourth-order valence-corrected chi connectivity index (χ4v) is 17.4. The zero-order valence-electron chi connectivity index (χ0n) is 69.6. The monoisotopic (exact) mass is 1610 g/mol. The van der Waals surface area contributed by atoms with Gasteiger partial charge in [0.2, 0.25) is 0 Å². The predicted octanol–water partition coefficient (Wildman–Crippen LogP) is 18.6. The Bertz CT molecular complexity index is 3860. The number of nitrogens with zero attached hydrogens (tertiary/aromatic N) is 8. The van der Waals surface area contributed by atoms with Crippen molar-refractivity contribution in [2.75, 3.05) is 120 Å². The highest BCUT2D eigenvalue weighted by molar-refractivity contribution is 9.09. The van der Waals surface area contributed by atoms with Crippen LogP contribution in [0.1, 0.15) is 253 Å². The number of ether oxygens (including phenoxy) is 3. The molecule has 7 aliphatic rings. The van der Waals surface area contributed by atoms with Crippen molar-refractivity contribution in [3.8, 4) is 22.5 Å². The average Bonchev–Trinajstić information content (AvgIpc) is 0.783. The summed E-state index contributed by atoms with van der Waals surface area (Å²) in [6.07, 6.45) is 10.6. The Balaban J connectivity index is 0.000000176. The van der Waals surface area contributed by atoms with E-state index in [2.05, 4.69) is 179 Å². The summed E-state index contributed by atoms with van der Waals surface area (Å²) in [6.45, 7) is 58.7. The number of rotatable bonds is 6. The standard InChI is InChI=1S/C27H39N3O2S.C22H31N3S.C16H21BrO.C11H21N3O2S.C10H20N2O2/c1-25(2,3)32-24(31)30-14-8-13-29(15-16-30)23-28-22(18-33-23)19-9-10-20-21(17-19)27(6,7)12-11-26(20,4)5;1-21(2)8-9-22(3,4)18-14-16(6-7-17(18)21)19-15-26-20(24-19)25-12-5-10-23-11-13-25;1-15(2)7-8-16(3,4)13-9-11(14(18)10-17)5-6-12(13)15;1-11(2,3)16-10(15)14-6-4-5-13(7-8-14)9(12)17;1-10(2,3)14-9(13)12-7-4-5-11-6-8-12/h9-10,17-18H,8,11-16H2,1-7H3;6-7,14-15,23H,5,8-13H2,1-4H3;5-6,9H,7-8,10H2,1-4H3;4-8H2,1-3H3,(H2,12,17);11H,4-8H2,1-3H3. The molecule has 4 N–H and O–H groups in total. The Labute approximate surface area is 670 Å². The number of hydrogen-bond acceptors (Lipinski definition) is 16. The smallest absolute Gasteiger partial charge is 0.410 e. The fourth-order valence-electron chi connectivity index (χ4n) is 15.1. The lowest BCUT2D eigenvalue weighted by Gasteiger charge is -2.42. The number of nitrogens with one attached hydrogen (secondary N) is 2. The summed E-state index contributed by atoms with van der Waals surface area (Å²) in [4.78, 5) is 69.8. The van der Waals surface area contributed by atoms with Crippen molar-refractivity contribution in [2.24, 2.45) is 5.73 Å². The van der Waals surface area contributed by atoms with Gasteiger partial charge in [0.15, 0.2) is 21.2 Å². The van der Waals surface area contributed by atoms with E-state index in [0.717, 1.165) is 120 Å². The molecule has 108 heavy (non-hydrogen) atoms. The number of fused-ring (bicyclic) bond motifs is 3. The fraction of sp³-hybridized carbons (Fsp3) is 0.663. The summed E-state index contributed by atoms with van der Waals surface area (Å²) >= 11 is 11.7. The number of amides is 3. The molecule has 3 aliphatic carbocycles. The van der Waals surface area contributed by atoms with Crippen LogP contribution >= 0.6 is 50.8 Å². The highest BCUT2D eigenvalue weighted by atomic mass is 79.9. The number of carbonyl (C=O) groups is 4. The van der Waals surface area contributed by atoms with E-state index in [1.54, 1.807) is 32.5 Å². The Kier molecular flexibility index (Phi) is 29.4. The number of carbonyl (C=O) groups excluding carboxylic acids is 4. The molecule has 6 heterocycles. The number of Topliss-reactive ketones (excluding diaryl/α,β-unsaturated/α-hetero) is 1. The third-order valence-corrected chi connectivity index (χ3v) is 24.6. The van der Waals surface area contributed by atoms with Crippen molar-refractivity contribution >= 4 is 90.3 Å². The number of benzene rings is 3. The van der Waals surface area contributed by atoms with Gasteiger partial charge in [-0.3, -0.25) is 4.79 Å². The lowest BCUT2D eigenvalue weighted by atomic mass is 9.63. The van der Waals surface area contributed by atoms with Gasteiger partial charge < -0.3 is 60.0 Å². The molecule has 0 unspecified atom stereocenters. The summed E-state index contributed by atoms with van der Waals surface area (Å²) in [6, 6.07) is 20.3. The minimum absolute atomic E-state index is 0.164. The van der Waals surface area contributed by atoms with E-state index in [4.69, 9.17) is 42.1 Å². The van der Waals surface area contributed by atoms with Gasteiger partial charge in [-0.05, 0) is 236 Å². The molecule has 4 fully saturated rings. The van der Waals surface area contributed by atoms with Crippen LogP contribution < -0.4 is 26.2 Å². The first-order valence-electron chi connectivity index (χ1n) is 39.6. The van der Waals surface area contributed by atoms with E-state index >= 15 is 0 Å². The number of aromatic nitrogens is 2. The summed E-state index contributed by atoms with van der Waals surface area (Å²) in [7, 11) is 0. The van der Waals surface area contributed by atoms with E-state index in [1.807, 2.05) is 78.2 Å². The average molecular weight is 1610 g/mol. The molecule has 0 bridgehead atoms. The largest absolute Gasteiger partial charge is 0.444 e. The highest BCUT2D eigenvalue weighted by Crippen LogP contribution is 2.50. The van der Waals surface area contributed by atoms with Crippen molar-refractivity contribution < 1.29 is 33.4 Å². The summed E-state index contributed by atoms with van der Waals surface area (Å²) in [5.41, 5.74) is 19.8. The molecule has 598 valence electrons. The number of ketones is 1. The SMILES string of the molecule is CC(C)(C)OC(=O)N1CCCN(C(N)=S)CC1.CC(C)(C)OC(=O)N1CCCN(c2nc(-c3ccc4c(c3)C(C)(C)CCC4(C)C)cs2)CC1.CC(C)(C)OC(=O)N1CCCNCC1.CC1(C)CCC(C)(C)c2cc(-c3csc(N4CCCNCC4)n3)ccc21.CC1(C)CCC(C)(C)c2cc(C(=O)CBr)ccc21. The van der Waals surface area contributed by atoms with Crippen molar-refractivity contribution in [1.82, 2.24) is 40.2 Å². The molecule has 12 rings (SSSR count). The lowest BCUT2D eigenvalue weighted by molar-refractivity contribution is 0.0250. The second kappa shape index (κ2) is 36.3. The number of hydrogen-bond donors (Lipinski definition) is 3. The summed E-state index contributed by atoms with van der Waals surface area (Å²) in [5, 5.41) is 14.1. The maximum Gasteiger partial charge on any atom is 0.410 e. The van der Waals surface area contributed by atoms with Gasteiger partial charge in [0.05, 0.1) is 16.7 Å². The first-order valence-corrected chi connectivity index (χ1v) is 42.9. The van der Waals surface area contributed by atoms with Crippen LogP contribution in [0.3, 0.4) is 0 Å². The Hall–Kier alpha value is -5.91. The van der Waals surface area contributed by atoms with Gasteiger partial charge in [0.25, 0.3) is 0 Å². The van der Waals surface area contributed by atoms with Crippen LogP contribution in [0.15, 0.2) is 65.4 Å². The molecule has 4 aliphatic heterocycles. The van der Waals surface area contributed by atoms with Gasteiger partial charge in [-0.2, -0.15) is 0 Å². The summed E-state index contributed by atoms with van der Waals surface area (Å²) < 4.78 is 16.2. The Morgan fingerprint density at radius 2 is 0.769 bits per heavy atom. The minimum Gasteiger partial charge on any atom is -0.444 e. The second-order valence-corrected chi connectivity index (χ2v) is 39.9. The van der Waals surface area contributed by atoms with Gasteiger partial charge in [-0.15, -0.1) is 22.7 Å². The van der Waals surface area contributed by atoms with Crippen LogP contribution in [0.5, 0.6) is 0 Å². The molecular formula is C86H132BrN11O7S3. The number of thiazole rings is 2. The number of anilines is 2. The van der Waals surface area contributed by atoms with E-state index < -0.39 is 16.8 Å². The molecule has 2 aromatic heterocycles. The van der Waals surface area contributed by atoms with Crippen molar-refractivity contribution in [3.05, 3.63) is 104 Å². The van der Waals surface area contributed by atoms with E-state index in [0.29, 0.717) is 36.6 Å². The molecule has 0 spiro atoms. The van der Waals surface area contributed by atoms with E-state index in [1.165, 1.54) is 94.6 Å². The number of thiocarbonyl (C=S) groups is 1. The third-order valence-electron chi connectivity index (χ3n) is 22.1. The van der Waals surface area contributed by atoms with Crippen LogP contribution in [0.25, 0.3) is 22.5 Å². The van der Waals surface area contributed by atoms with Crippen molar-refractivity contribution in [2.45, 2.75) is 259 Å². The van der Waals surface area contributed by atoms with Crippen molar-refractivity contribution in [1.29, 1.82) is 0 Å². The molecule has 0 radical (unpaired) electrons. The first kappa shape index (κ1) is 87.7. The quantitative estimate of drug-likeness (QED) is 0.0629. The molecule has 18 nitrogen and oxygen atoms in total. The van der Waals surface area contributed by atoms with Gasteiger partial charge in [0, 0.05) is 119 Å². The molecular weight excluding hydrogens is 1480 g/mol. The summed E-state index contributed by atoms with van der Waals surface area (Å²) in [5.74, 6) is 0.164. The molecule has 3 amide bonds. The molecule has 3 aromatic carbocycles. The highest BCUT2D eigenvalue weighted by Gasteiger charge is 2.41. The zero-order valence-corrected chi connectivity index (χ0v) is 73.6. The number of alkyl halides is 1. The topological polar surface area (TPSA) is 191 Å². The van der Waals surface area contributed by atoms with Crippen molar-refractivity contribution in [3.63, 3.8) is 0 Å². The van der Waals surface area contributed by atoms with Crippen LogP contribution in [0.4, 0.5) is 24.6 Å². The van der Waals surface area contributed by atoms with Crippen LogP contribution in [0.2, 0.25) is 0 Å². The molecule has 22 heteroatoms. The zero-order chi connectivity index (χ0) is 79.6.